The van der Waals surface area contributed by atoms with Gasteiger partial charge in [0.1, 0.15) is 5.70 Å². The van der Waals surface area contributed by atoms with Gasteiger partial charge in [0.15, 0.2) is 0 Å². The maximum Gasteiger partial charge on any atom is 0.278 e. The number of carbonyl (C=O) groups excluding carboxylic acids is 3. The molecule has 32 heavy (non-hydrogen) atoms. The highest BCUT2D eigenvalue weighted by molar-refractivity contribution is 6.36. The van der Waals surface area contributed by atoms with Gasteiger partial charge in [-0.3, -0.25) is 19.3 Å². The van der Waals surface area contributed by atoms with E-state index in [9.17, 15) is 14.4 Å². The Morgan fingerprint density at radius 1 is 0.969 bits per heavy atom. The van der Waals surface area contributed by atoms with Crippen molar-refractivity contribution in [3.63, 3.8) is 0 Å². The second kappa shape index (κ2) is 10.2. The molecule has 3 rings (SSSR count). The number of anilines is 2. The standard InChI is InChI=1S/C25H29N3O4/c1-5-32-14-6-13-28-24(30)22(19-8-7-16(2)17(3)15-19)23(25(28)31)27-21-11-9-20(10-12-21)26-18(4)29/h7-12,15,27H,5-6,13-14H2,1-4H3,(H,26,29). The van der Waals surface area contributed by atoms with Crippen LogP contribution in [-0.4, -0.2) is 42.4 Å². The number of carbonyl (C=O) groups is 3. The van der Waals surface area contributed by atoms with E-state index in [0.29, 0.717) is 48.7 Å². The topological polar surface area (TPSA) is 87.7 Å². The van der Waals surface area contributed by atoms with Crippen molar-refractivity contribution in [3.05, 3.63) is 64.9 Å². The molecular weight excluding hydrogens is 406 g/mol. The van der Waals surface area contributed by atoms with E-state index in [2.05, 4.69) is 10.6 Å². The highest BCUT2D eigenvalue weighted by atomic mass is 16.5. The van der Waals surface area contributed by atoms with Crippen molar-refractivity contribution in [2.45, 2.75) is 34.1 Å². The largest absolute Gasteiger partial charge is 0.382 e. The molecule has 7 heteroatoms. The molecule has 7 nitrogen and oxygen atoms in total. The van der Waals surface area contributed by atoms with Crippen LogP contribution < -0.4 is 10.6 Å². The van der Waals surface area contributed by atoms with Crippen molar-refractivity contribution >= 4 is 34.7 Å². The minimum atomic E-state index is -0.356. The molecule has 0 aromatic heterocycles. The van der Waals surface area contributed by atoms with E-state index in [0.717, 1.165) is 11.1 Å². The van der Waals surface area contributed by atoms with Gasteiger partial charge < -0.3 is 15.4 Å². The van der Waals surface area contributed by atoms with E-state index in [1.54, 1.807) is 24.3 Å². The molecular formula is C25H29N3O4. The zero-order chi connectivity index (χ0) is 23.3. The van der Waals surface area contributed by atoms with Gasteiger partial charge in [-0.25, -0.2) is 0 Å². The van der Waals surface area contributed by atoms with Crippen LogP contribution in [0.3, 0.4) is 0 Å². The zero-order valence-corrected chi connectivity index (χ0v) is 19.0. The monoisotopic (exact) mass is 435 g/mol. The van der Waals surface area contributed by atoms with E-state index in [1.165, 1.54) is 11.8 Å². The maximum atomic E-state index is 13.3. The molecule has 1 aliphatic heterocycles. The number of imide groups is 1. The first-order valence-electron chi connectivity index (χ1n) is 10.7. The van der Waals surface area contributed by atoms with Crippen LogP contribution in [0, 0.1) is 13.8 Å². The summed E-state index contributed by atoms with van der Waals surface area (Å²) in [5.74, 6) is -0.831. The third kappa shape index (κ3) is 5.23. The molecule has 1 aliphatic rings. The van der Waals surface area contributed by atoms with Gasteiger partial charge in [-0.2, -0.15) is 0 Å². The quantitative estimate of drug-likeness (QED) is 0.461. The number of benzene rings is 2. The molecule has 0 fully saturated rings. The molecule has 2 N–H and O–H groups in total. The molecule has 0 aliphatic carbocycles. The van der Waals surface area contributed by atoms with Gasteiger partial charge in [-0.15, -0.1) is 0 Å². The molecule has 0 radical (unpaired) electrons. The molecule has 2 aromatic carbocycles. The van der Waals surface area contributed by atoms with Crippen LogP contribution in [-0.2, 0) is 19.1 Å². The van der Waals surface area contributed by atoms with E-state index in [4.69, 9.17) is 4.74 Å². The summed E-state index contributed by atoms with van der Waals surface area (Å²) in [4.78, 5) is 39.0. The average Bonchev–Trinajstić information content (AvgIpc) is 2.98. The van der Waals surface area contributed by atoms with Crippen LogP contribution in [0.5, 0.6) is 0 Å². The first-order valence-corrected chi connectivity index (χ1v) is 10.7. The number of hydrogen-bond donors (Lipinski definition) is 2. The van der Waals surface area contributed by atoms with Crippen LogP contribution in [0.25, 0.3) is 5.57 Å². The number of aryl methyl sites for hydroxylation is 2. The van der Waals surface area contributed by atoms with E-state index < -0.39 is 0 Å². The predicted octanol–water partition coefficient (Wildman–Crippen LogP) is 3.88. The normalized spacial score (nSPS) is 13.7. The van der Waals surface area contributed by atoms with Gasteiger partial charge in [-0.05, 0) is 68.1 Å². The summed E-state index contributed by atoms with van der Waals surface area (Å²) in [5, 5.41) is 5.85. The number of nitrogens with one attached hydrogen (secondary N) is 2. The summed E-state index contributed by atoms with van der Waals surface area (Å²) < 4.78 is 5.36. The number of hydrogen-bond acceptors (Lipinski definition) is 5. The van der Waals surface area contributed by atoms with Crippen LogP contribution >= 0.6 is 0 Å². The van der Waals surface area contributed by atoms with Crippen molar-refractivity contribution in [2.24, 2.45) is 0 Å². The third-order valence-electron chi connectivity index (χ3n) is 5.31. The highest BCUT2D eigenvalue weighted by Crippen LogP contribution is 2.31. The fourth-order valence-corrected chi connectivity index (χ4v) is 3.51. The summed E-state index contributed by atoms with van der Waals surface area (Å²) in [7, 11) is 0. The Hall–Kier alpha value is -3.45. The van der Waals surface area contributed by atoms with Crippen molar-refractivity contribution in [2.75, 3.05) is 30.4 Å². The lowest BCUT2D eigenvalue weighted by atomic mass is 9.99. The Labute approximate surface area is 188 Å². The fraction of sp³-hybridized carbons (Fsp3) is 0.320. The van der Waals surface area contributed by atoms with Crippen LogP contribution in [0.2, 0.25) is 0 Å². The van der Waals surface area contributed by atoms with E-state index in [-0.39, 0.29) is 23.4 Å². The number of rotatable bonds is 9. The maximum absolute atomic E-state index is 13.3. The zero-order valence-electron chi connectivity index (χ0n) is 19.0. The first kappa shape index (κ1) is 23.2. The molecule has 0 spiro atoms. The fourth-order valence-electron chi connectivity index (χ4n) is 3.51. The smallest absolute Gasteiger partial charge is 0.278 e. The van der Waals surface area contributed by atoms with Gasteiger partial charge >= 0.3 is 0 Å². The van der Waals surface area contributed by atoms with Crippen LogP contribution in [0.1, 0.15) is 37.0 Å². The van der Waals surface area contributed by atoms with Gasteiger partial charge in [0.25, 0.3) is 11.8 Å². The molecule has 0 atom stereocenters. The predicted molar refractivity (Wildman–Crippen MR) is 125 cm³/mol. The number of amides is 3. The third-order valence-corrected chi connectivity index (χ3v) is 5.31. The molecule has 0 saturated carbocycles. The Bertz CT molecular complexity index is 1060. The van der Waals surface area contributed by atoms with Crippen LogP contribution in [0.15, 0.2) is 48.2 Å². The SMILES string of the molecule is CCOCCCN1C(=O)C(Nc2ccc(NC(C)=O)cc2)=C(c2ccc(C)c(C)c2)C1=O. The Kier molecular flexibility index (Phi) is 7.43. The minimum absolute atomic E-state index is 0.162. The lowest BCUT2D eigenvalue weighted by Gasteiger charge is -2.15. The van der Waals surface area contributed by atoms with E-state index in [1.807, 2.05) is 39.0 Å². The summed E-state index contributed by atoms with van der Waals surface area (Å²) in [6.07, 6.45) is 0.574. The van der Waals surface area contributed by atoms with Gasteiger partial charge in [0.05, 0.1) is 5.57 Å². The molecule has 1 heterocycles. The molecule has 168 valence electrons. The van der Waals surface area contributed by atoms with Crippen molar-refractivity contribution in [1.29, 1.82) is 0 Å². The lowest BCUT2D eigenvalue weighted by molar-refractivity contribution is -0.137. The second-order valence-electron chi connectivity index (χ2n) is 7.74. The number of nitrogens with zero attached hydrogens (tertiary/aromatic N) is 1. The summed E-state index contributed by atoms with van der Waals surface area (Å²) in [5.41, 5.74) is 4.77. The summed E-state index contributed by atoms with van der Waals surface area (Å²) in [6, 6.07) is 12.7. The van der Waals surface area contributed by atoms with Gasteiger partial charge in [0.2, 0.25) is 5.91 Å². The summed E-state index contributed by atoms with van der Waals surface area (Å²) >= 11 is 0. The molecule has 3 amide bonds. The second-order valence-corrected chi connectivity index (χ2v) is 7.74. The first-order chi connectivity index (χ1) is 15.3. The molecule has 0 bridgehead atoms. The lowest BCUT2D eigenvalue weighted by Crippen LogP contribution is -2.34. The Morgan fingerprint density at radius 2 is 1.66 bits per heavy atom. The van der Waals surface area contributed by atoms with Gasteiger partial charge in [0, 0.05) is 38.1 Å². The molecule has 0 unspecified atom stereocenters. The Morgan fingerprint density at radius 3 is 2.28 bits per heavy atom. The van der Waals surface area contributed by atoms with E-state index >= 15 is 0 Å². The highest BCUT2D eigenvalue weighted by Gasteiger charge is 2.38. The summed E-state index contributed by atoms with van der Waals surface area (Å²) in [6.45, 7) is 8.70. The number of ether oxygens (including phenoxy) is 1. The molecule has 2 aromatic rings. The van der Waals surface area contributed by atoms with Crippen molar-refractivity contribution in [1.82, 2.24) is 4.90 Å². The van der Waals surface area contributed by atoms with Crippen LogP contribution in [0.4, 0.5) is 11.4 Å². The van der Waals surface area contributed by atoms with Gasteiger partial charge in [-0.1, -0.05) is 18.2 Å². The average molecular weight is 436 g/mol. The molecule has 0 saturated heterocycles. The van der Waals surface area contributed by atoms with Crippen molar-refractivity contribution in [3.8, 4) is 0 Å². The minimum Gasteiger partial charge on any atom is -0.382 e. The van der Waals surface area contributed by atoms with Crippen molar-refractivity contribution < 1.29 is 19.1 Å². The Balaban J connectivity index is 1.93.